The van der Waals surface area contributed by atoms with Gasteiger partial charge in [0.1, 0.15) is 11.4 Å². The van der Waals surface area contributed by atoms with Crippen LogP contribution >= 0.6 is 0 Å². The summed E-state index contributed by atoms with van der Waals surface area (Å²) in [7, 11) is 1.60. The molecule has 1 aliphatic heterocycles. The molecule has 1 aromatic rings. The van der Waals surface area contributed by atoms with Crippen molar-refractivity contribution in [1.29, 1.82) is 0 Å². The van der Waals surface area contributed by atoms with Gasteiger partial charge in [-0.15, -0.1) is 0 Å². The molecule has 1 aliphatic rings. The Bertz CT molecular complexity index is 430. The molecule has 18 heavy (non-hydrogen) atoms. The van der Waals surface area contributed by atoms with E-state index in [0.29, 0.717) is 19.8 Å². The molecular formula is C12H16N2O4. The van der Waals surface area contributed by atoms with Crippen LogP contribution in [0.15, 0.2) is 18.3 Å². The SMILES string of the molecule is COC1(CNC(=O)c2ncccc2O)CCOC1. The van der Waals surface area contributed by atoms with Crippen LogP contribution in [0.2, 0.25) is 0 Å². The van der Waals surface area contributed by atoms with E-state index in [9.17, 15) is 9.90 Å². The second-order valence-corrected chi connectivity index (χ2v) is 4.24. The van der Waals surface area contributed by atoms with Gasteiger partial charge in [-0.3, -0.25) is 4.79 Å². The molecule has 2 rings (SSSR count). The molecule has 1 amide bonds. The Labute approximate surface area is 105 Å². The third-order valence-corrected chi connectivity index (χ3v) is 3.07. The van der Waals surface area contributed by atoms with Crippen molar-refractivity contribution in [1.82, 2.24) is 10.3 Å². The Hall–Kier alpha value is -1.66. The summed E-state index contributed by atoms with van der Waals surface area (Å²) in [5.74, 6) is -0.555. The molecule has 0 bridgehead atoms. The first-order valence-electron chi connectivity index (χ1n) is 5.72. The van der Waals surface area contributed by atoms with Crippen molar-refractivity contribution in [3.63, 3.8) is 0 Å². The van der Waals surface area contributed by atoms with E-state index < -0.39 is 11.5 Å². The maximum absolute atomic E-state index is 11.9. The summed E-state index contributed by atoms with van der Waals surface area (Å²) in [5, 5.41) is 12.2. The van der Waals surface area contributed by atoms with Crippen LogP contribution in [0.5, 0.6) is 5.75 Å². The largest absolute Gasteiger partial charge is 0.505 e. The lowest BCUT2D eigenvalue weighted by Crippen LogP contribution is -2.45. The number of carbonyl (C=O) groups excluding carboxylic acids is 1. The van der Waals surface area contributed by atoms with Gasteiger partial charge in [0.05, 0.1) is 6.61 Å². The van der Waals surface area contributed by atoms with Gasteiger partial charge in [0.15, 0.2) is 5.69 Å². The van der Waals surface area contributed by atoms with Gasteiger partial charge < -0.3 is 19.9 Å². The number of nitrogens with zero attached hydrogens (tertiary/aromatic N) is 1. The smallest absolute Gasteiger partial charge is 0.273 e. The van der Waals surface area contributed by atoms with Gasteiger partial charge in [0.2, 0.25) is 0 Å². The molecule has 1 aromatic heterocycles. The van der Waals surface area contributed by atoms with Crippen LogP contribution in [0.1, 0.15) is 16.9 Å². The number of methoxy groups -OCH3 is 1. The quantitative estimate of drug-likeness (QED) is 0.806. The van der Waals surface area contributed by atoms with Crippen LogP contribution < -0.4 is 5.32 Å². The molecule has 2 heterocycles. The van der Waals surface area contributed by atoms with E-state index in [1.165, 1.54) is 12.3 Å². The summed E-state index contributed by atoms with van der Waals surface area (Å²) in [6, 6.07) is 2.99. The maximum Gasteiger partial charge on any atom is 0.273 e. The second kappa shape index (κ2) is 5.32. The highest BCUT2D eigenvalue weighted by atomic mass is 16.5. The topological polar surface area (TPSA) is 80.7 Å². The minimum absolute atomic E-state index is 0.0164. The van der Waals surface area contributed by atoms with E-state index in [2.05, 4.69) is 10.3 Å². The fourth-order valence-corrected chi connectivity index (χ4v) is 1.86. The zero-order chi connectivity index (χ0) is 13.0. The van der Waals surface area contributed by atoms with Gasteiger partial charge in [-0.2, -0.15) is 0 Å². The van der Waals surface area contributed by atoms with Gasteiger partial charge in [0.25, 0.3) is 5.91 Å². The van der Waals surface area contributed by atoms with Gasteiger partial charge >= 0.3 is 0 Å². The van der Waals surface area contributed by atoms with Crippen LogP contribution in [0.25, 0.3) is 0 Å². The van der Waals surface area contributed by atoms with Crippen LogP contribution in [-0.4, -0.2) is 48.5 Å². The number of aromatic hydroxyl groups is 1. The Kier molecular flexibility index (Phi) is 3.78. The van der Waals surface area contributed by atoms with Gasteiger partial charge in [-0.25, -0.2) is 4.98 Å². The third-order valence-electron chi connectivity index (χ3n) is 3.07. The number of rotatable bonds is 4. The highest BCUT2D eigenvalue weighted by Gasteiger charge is 2.35. The first-order chi connectivity index (χ1) is 8.67. The lowest BCUT2D eigenvalue weighted by Gasteiger charge is -2.25. The summed E-state index contributed by atoms with van der Waals surface area (Å²) >= 11 is 0. The van der Waals surface area contributed by atoms with E-state index in [4.69, 9.17) is 9.47 Å². The first kappa shape index (κ1) is 12.8. The van der Waals surface area contributed by atoms with Gasteiger partial charge in [-0.05, 0) is 12.1 Å². The Balaban J connectivity index is 1.98. The molecule has 0 spiro atoms. The molecule has 1 unspecified atom stereocenters. The van der Waals surface area contributed by atoms with Crippen molar-refractivity contribution in [3.8, 4) is 5.75 Å². The maximum atomic E-state index is 11.9. The number of pyridine rings is 1. The average molecular weight is 252 g/mol. The molecule has 6 nitrogen and oxygen atoms in total. The van der Waals surface area contributed by atoms with Crippen molar-refractivity contribution < 1.29 is 19.4 Å². The Morgan fingerprint density at radius 1 is 1.72 bits per heavy atom. The Morgan fingerprint density at radius 2 is 2.56 bits per heavy atom. The molecule has 0 aliphatic carbocycles. The van der Waals surface area contributed by atoms with E-state index >= 15 is 0 Å². The van der Waals surface area contributed by atoms with Crippen LogP contribution in [0, 0.1) is 0 Å². The molecule has 98 valence electrons. The number of ether oxygens (including phenoxy) is 2. The van der Waals surface area contributed by atoms with Crippen LogP contribution in [-0.2, 0) is 9.47 Å². The summed E-state index contributed by atoms with van der Waals surface area (Å²) in [4.78, 5) is 15.7. The van der Waals surface area contributed by atoms with Crippen molar-refractivity contribution in [2.45, 2.75) is 12.0 Å². The zero-order valence-electron chi connectivity index (χ0n) is 10.2. The van der Waals surface area contributed by atoms with E-state index in [1.54, 1.807) is 13.2 Å². The van der Waals surface area contributed by atoms with Crippen molar-refractivity contribution in [3.05, 3.63) is 24.0 Å². The molecule has 0 saturated carbocycles. The van der Waals surface area contributed by atoms with Gasteiger partial charge in [-0.1, -0.05) is 0 Å². The minimum Gasteiger partial charge on any atom is -0.505 e. The van der Waals surface area contributed by atoms with Gasteiger partial charge in [0, 0.05) is 32.9 Å². The summed E-state index contributed by atoms with van der Waals surface area (Å²) in [6.45, 7) is 1.41. The molecule has 1 fully saturated rings. The number of amides is 1. The number of carbonyl (C=O) groups is 1. The monoisotopic (exact) mass is 252 g/mol. The standard InChI is InChI=1S/C12H16N2O4/c1-17-12(4-6-18-8-12)7-14-11(16)10-9(15)3-2-5-13-10/h2-3,5,15H,4,6-8H2,1H3,(H,14,16). The van der Waals surface area contributed by atoms with Crippen molar-refractivity contribution >= 4 is 5.91 Å². The molecule has 2 N–H and O–H groups in total. The molecule has 0 radical (unpaired) electrons. The molecule has 1 atom stereocenters. The molecule has 1 saturated heterocycles. The van der Waals surface area contributed by atoms with E-state index in [0.717, 1.165) is 6.42 Å². The molecule has 6 heteroatoms. The van der Waals surface area contributed by atoms with Crippen molar-refractivity contribution in [2.75, 3.05) is 26.9 Å². The zero-order valence-corrected chi connectivity index (χ0v) is 10.2. The predicted octanol–water partition coefficient (Wildman–Crippen LogP) is 0.322. The number of hydrogen-bond donors (Lipinski definition) is 2. The number of nitrogens with one attached hydrogen (secondary N) is 1. The summed E-state index contributed by atoms with van der Waals surface area (Å²) < 4.78 is 10.7. The molecule has 0 aromatic carbocycles. The predicted molar refractivity (Wildman–Crippen MR) is 63.4 cm³/mol. The highest BCUT2D eigenvalue weighted by molar-refractivity contribution is 5.94. The van der Waals surface area contributed by atoms with E-state index in [-0.39, 0.29) is 11.4 Å². The summed E-state index contributed by atoms with van der Waals surface area (Å²) in [6.07, 6.45) is 2.19. The molecular weight excluding hydrogens is 236 g/mol. The number of hydrogen-bond acceptors (Lipinski definition) is 5. The van der Waals surface area contributed by atoms with Crippen LogP contribution in [0.4, 0.5) is 0 Å². The first-order valence-corrected chi connectivity index (χ1v) is 5.72. The highest BCUT2D eigenvalue weighted by Crippen LogP contribution is 2.21. The normalized spacial score (nSPS) is 22.9. The third kappa shape index (κ3) is 2.60. The fraction of sp³-hybridized carbons (Fsp3) is 0.500. The van der Waals surface area contributed by atoms with Crippen LogP contribution in [0.3, 0.4) is 0 Å². The minimum atomic E-state index is -0.472. The van der Waals surface area contributed by atoms with E-state index in [1.807, 2.05) is 0 Å². The second-order valence-electron chi connectivity index (χ2n) is 4.24. The lowest BCUT2D eigenvalue weighted by atomic mass is 10.0. The summed E-state index contributed by atoms with van der Waals surface area (Å²) in [5.41, 5.74) is -0.456. The van der Waals surface area contributed by atoms with Crippen molar-refractivity contribution in [2.24, 2.45) is 0 Å². The number of aromatic nitrogens is 1. The average Bonchev–Trinajstić information content (AvgIpc) is 2.86. The fourth-order valence-electron chi connectivity index (χ4n) is 1.86. The Morgan fingerprint density at radius 3 is 3.17 bits per heavy atom. The lowest BCUT2D eigenvalue weighted by molar-refractivity contribution is -0.0149.